The molecule has 0 radical (unpaired) electrons. The van der Waals surface area contributed by atoms with Gasteiger partial charge in [0.25, 0.3) is 5.91 Å². The number of aliphatic carboxylic acids is 1. The molecule has 0 bridgehead atoms. The molecule has 6 nitrogen and oxygen atoms in total. The summed E-state index contributed by atoms with van der Waals surface area (Å²) >= 11 is 0. The van der Waals surface area contributed by atoms with Crippen molar-refractivity contribution in [1.82, 2.24) is 5.32 Å². The van der Waals surface area contributed by atoms with E-state index in [1.54, 1.807) is 6.92 Å². The van der Waals surface area contributed by atoms with Crippen LogP contribution in [0.25, 0.3) is 0 Å². The SMILES string of the molecule is CC(CNC(=O)COc1ccccc1OCC(F)(F)F)CC(=O)O. The maximum atomic E-state index is 12.2. The minimum absolute atomic E-state index is 0.00971. The summed E-state index contributed by atoms with van der Waals surface area (Å²) in [4.78, 5) is 22.1. The average Bonchev–Trinajstić information content (AvgIpc) is 2.48. The molecule has 0 saturated heterocycles. The summed E-state index contributed by atoms with van der Waals surface area (Å²) in [5.41, 5.74) is 0. The van der Waals surface area contributed by atoms with Crippen LogP contribution >= 0.6 is 0 Å². The Morgan fingerprint density at radius 3 is 2.33 bits per heavy atom. The van der Waals surface area contributed by atoms with Gasteiger partial charge in [-0.3, -0.25) is 9.59 Å². The highest BCUT2D eigenvalue weighted by Gasteiger charge is 2.29. The largest absolute Gasteiger partial charge is 0.481 e. The Balaban J connectivity index is 2.46. The van der Waals surface area contributed by atoms with Crippen LogP contribution in [0, 0.1) is 5.92 Å². The lowest BCUT2D eigenvalue weighted by molar-refractivity contribution is -0.153. The van der Waals surface area contributed by atoms with E-state index in [2.05, 4.69) is 10.1 Å². The van der Waals surface area contributed by atoms with Gasteiger partial charge in [0.2, 0.25) is 0 Å². The molecule has 134 valence electrons. The van der Waals surface area contributed by atoms with Gasteiger partial charge < -0.3 is 19.9 Å². The second-order valence-corrected chi connectivity index (χ2v) is 5.15. The number of alkyl halides is 3. The number of ether oxygens (including phenoxy) is 2. The first kappa shape index (κ1) is 19.6. The number of hydrogen-bond donors (Lipinski definition) is 2. The Kier molecular flexibility index (Phi) is 7.34. The van der Waals surface area contributed by atoms with Crippen LogP contribution in [0.3, 0.4) is 0 Å². The van der Waals surface area contributed by atoms with Crippen molar-refractivity contribution in [2.45, 2.75) is 19.5 Å². The molecule has 1 aromatic carbocycles. The smallest absolute Gasteiger partial charge is 0.422 e. The minimum Gasteiger partial charge on any atom is -0.481 e. The van der Waals surface area contributed by atoms with E-state index in [0.29, 0.717) is 0 Å². The fourth-order valence-electron chi connectivity index (χ4n) is 1.70. The van der Waals surface area contributed by atoms with Crippen molar-refractivity contribution in [2.75, 3.05) is 19.8 Å². The molecule has 0 aromatic heterocycles. The number of carboxylic acids is 1. The van der Waals surface area contributed by atoms with Crippen molar-refractivity contribution in [3.8, 4) is 11.5 Å². The van der Waals surface area contributed by atoms with Crippen molar-refractivity contribution >= 4 is 11.9 Å². The number of nitrogens with one attached hydrogen (secondary N) is 1. The summed E-state index contributed by atoms with van der Waals surface area (Å²) < 4.78 is 46.3. The number of carbonyl (C=O) groups is 2. The van der Waals surface area contributed by atoms with Crippen LogP contribution in [0.1, 0.15) is 13.3 Å². The zero-order valence-electron chi connectivity index (χ0n) is 12.9. The highest BCUT2D eigenvalue weighted by Crippen LogP contribution is 2.28. The molecule has 24 heavy (non-hydrogen) atoms. The lowest BCUT2D eigenvalue weighted by atomic mass is 10.1. The number of halogens is 3. The fourth-order valence-corrected chi connectivity index (χ4v) is 1.70. The van der Waals surface area contributed by atoms with Crippen LogP contribution in [0.15, 0.2) is 24.3 Å². The molecule has 0 aliphatic heterocycles. The molecule has 0 heterocycles. The number of rotatable bonds is 9. The molecule has 1 rings (SSSR count). The molecule has 1 amide bonds. The quantitative estimate of drug-likeness (QED) is 0.714. The Hall–Kier alpha value is -2.45. The third-order valence-electron chi connectivity index (χ3n) is 2.77. The summed E-state index contributed by atoms with van der Waals surface area (Å²) in [6.45, 7) is -0.0747. The van der Waals surface area contributed by atoms with Crippen molar-refractivity contribution in [3.63, 3.8) is 0 Å². The Morgan fingerprint density at radius 2 is 1.79 bits per heavy atom. The Bertz CT molecular complexity index is 562. The van der Waals surface area contributed by atoms with E-state index in [1.165, 1.54) is 24.3 Å². The number of carboxylic acid groups (broad SMARTS) is 1. The Labute approximate surface area is 136 Å². The molecule has 1 atom stereocenters. The van der Waals surface area contributed by atoms with E-state index in [4.69, 9.17) is 9.84 Å². The second-order valence-electron chi connectivity index (χ2n) is 5.15. The molecule has 0 saturated carbocycles. The van der Waals surface area contributed by atoms with Gasteiger partial charge in [0.1, 0.15) is 0 Å². The van der Waals surface area contributed by atoms with E-state index in [1.807, 2.05) is 0 Å². The summed E-state index contributed by atoms with van der Waals surface area (Å²) in [6.07, 6.45) is -4.57. The van der Waals surface area contributed by atoms with Gasteiger partial charge in [0, 0.05) is 13.0 Å². The number of carbonyl (C=O) groups excluding carboxylic acids is 1. The maximum Gasteiger partial charge on any atom is 0.422 e. The molecule has 0 fully saturated rings. The van der Waals surface area contributed by atoms with Gasteiger partial charge in [-0.15, -0.1) is 0 Å². The summed E-state index contributed by atoms with van der Waals surface area (Å²) in [6, 6.07) is 5.69. The average molecular weight is 349 g/mol. The maximum absolute atomic E-state index is 12.2. The predicted molar refractivity (Wildman–Crippen MR) is 77.9 cm³/mol. The van der Waals surface area contributed by atoms with Gasteiger partial charge in [-0.2, -0.15) is 13.2 Å². The lowest BCUT2D eigenvalue weighted by Gasteiger charge is -2.14. The summed E-state index contributed by atoms with van der Waals surface area (Å²) in [5.74, 6) is -1.85. The van der Waals surface area contributed by atoms with E-state index in [0.717, 1.165) is 0 Å². The molecule has 0 spiro atoms. The number of hydrogen-bond acceptors (Lipinski definition) is 4. The highest BCUT2D eigenvalue weighted by molar-refractivity contribution is 5.77. The summed E-state index contributed by atoms with van der Waals surface area (Å²) in [7, 11) is 0. The predicted octanol–water partition coefficient (Wildman–Crippen LogP) is 2.23. The zero-order chi connectivity index (χ0) is 18.2. The van der Waals surface area contributed by atoms with Crippen LogP contribution in [0.2, 0.25) is 0 Å². The van der Waals surface area contributed by atoms with Gasteiger partial charge in [-0.1, -0.05) is 19.1 Å². The van der Waals surface area contributed by atoms with E-state index in [9.17, 15) is 22.8 Å². The molecular formula is C15H18F3NO5. The number of benzene rings is 1. The first-order valence-electron chi connectivity index (χ1n) is 7.07. The summed E-state index contributed by atoms with van der Waals surface area (Å²) in [5, 5.41) is 11.1. The van der Waals surface area contributed by atoms with Gasteiger partial charge in [0.15, 0.2) is 24.7 Å². The van der Waals surface area contributed by atoms with E-state index < -0.39 is 31.3 Å². The van der Waals surface area contributed by atoms with Crippen molar-refractivity contribution < 1.29 is 37.3 Å². The zero-order valence-corrected chi connectivity index (χ0v) is 12.9. The first-order valence-corrected chi connectivity index (χ1v) is 7.07. The van der Waals surface area contributed by atoms with Crippen LogP contribution in [-0.4, -0.2) is 42.9 Å². The molecule has 9 heteroatoms. The van der Waals surface area contributed by atoms with Gasteiger partial charge in [-0.25, -0.2) is 0 Å². The van der Waals surface area contributed by atoms with Crippen LogP contribution < -0.4 is 14.8 Å². The van der Waals surface area contributed by atoms with Crippen molar-refractivity contribution in [3.05, 3.63) is 24.3 Å². The molecule has 0 aliphatic carbocycles. The normalized spacial score (nSPS) is 12.3. The van der Waals surface area contributed by atoms with Gasteiger partial charge >= 0.3 is 12.1 Å². The van der Waals surface area contributed by atoms with Crippen LogP contribution in [0.5, 0.6) is 11.5 Å². The molecule has 1 aromatic rings. The first-order chi connectivity index (χ1) is 11.2. The van der Waals surface area contributed by atoms with Gasteiger partial charge in [-0.05, 0) is 18.1 Å². The highest BCUT2D eigenvalue weighted by atomic mass is 19.4. The lowest BCUT2D eigenvalue weighted by Crippen LogP contribution is -2.33. The van der Waals surface area contributed by atoms with E-state index in [-0.39, 0.29) is 30.4 Å². The monoisotopic (exact) mass is 349 g/mol. The third kappa shape index (κ3) is 8.25. The molecule has 1 unspecified atom stereocenters. The Morgan fingerprint density at radius 1 is 1.21 bits per heavy atom. The number of amides is 1. The van der Waals surface area contributed by atoms with Crippen molar-refractivity contribution in [1.29, 1.82) is 0 Å². The van der Waals surface area contributed by atoms with Crippen LogP contribution in [0.4, 0.5) is 13.2 Å². The second kappa shape index (κ2) is 8.99. The molecular weight excluding hydrogens is 331 g/mol. The van der Waals surface area contributed by atoms with Gasteiger partial charge in [0.05, 0.1) is 0 Å². The standard InChI is InChI=1S/C15H18F3NO5/c1-10(6-14(21)22)7-19-13(20)8-23-11-4-2-3-5-12(11)24-9-15(16,17)18/h2-5,10H,6-9H2,1H3,(H,19,20)(H,21,22). The van der Waals surface area contributed by atoms with Crippen molar-refractivity contribution in [2.24, 2.45) is 5.92 Å². The topological polar surface area (TPSA) is 84.9 Å². The molecule has 2 N–H and O–H groups in total. The molecule has 0 aliphatic rings. The minimum atomic E-state index is -4.48. The van der Waals surface area contributed by atoms with Crippen LogP contribution in [-0.2, 0) is 9.59 Å². The third-order valence-corrected chi connectivity index (χ3v) is 2.77. The number of para-hydroxylation sites is 2. The van der Waals surface area contributed by atoms with E-state index >= 15 is 0 Å². The fraction of sp³-hybridized carbons (Fsp3) is 0.467.